The topological polar surface area (TPSA) is 67.9 Å². The summed E-state index contributed by atoms with van der Waals surface area (Å²) in [5.74, 6) is -0.144. The maximum Gasteiger partial charge on any atom is 0.341 e. The maximum atomic E-state index is 13.5. The summed E-state index contributed by atoms with van der Waals surface area (Å²) >= 11 is 1.47. The van der Waals surface area contributed by atoms with Gasteiger partial charge in [0.05, 0.1) is 24.3 Å². The van der Waals surface area contributed by atoms with E-state index in [-0.39, 0.29) is 18.5 Å². The van der Waals surface area contributed by atoms with Crippen molar-refractivity contribution >= 4 is 39.0 Å². The molecule has 0 saturated heterocycles. The summed E-state index contributed by atoms with van der Waals surface area (Å²) in [6, 6.07) is 11.5. The number of likely N-dealkylation sites (N-methyl/N-ethyl adjacent to an activating group) is 1. The van der Waals surface area contributed by atoms with E-state index in [9.17, 15) is 9.59 Å². The van der Waals surface area contributed by atoms with E-state index in [1.54, 1.807) is 6.92 Å². The van der Waals surface area contributed by atoms with Crippen molar-refractivity contribution in [2.24, 2.45) is 0 Å². The highest BCUT2D eigenvalue weighted by atomic mass is 32.1. The third kappa shape index (κ3) is 4.23. The molecule has 1 aliphatic rings. The van der Waals surface area contributed by atoms with E-state index in [4.69, 9.17) is 9.47 Å². The first-order valence-corrected chi connectivity index (χ1v) is 11.9. The first-order chi connectivity index (χ1) is 15.6. The number of hydrogen-bond donors (Lipinski definition) is 1. The number of thiophene rings is 1. The highest BCUT2D eigenvalue weighted by Gasteiger charge is 2.30. The Morgan fingerprint density at radius 1 is 1.06 bits per heavy atom. The molecule has 1 amide bonds. The first-order valence-electron chi connectivity index (χ1n) is 11.1. The van der Waals surface area contributed by atoms with Crippen molar-refractivity contribution in [3.8, 4) is 5.75 Å². The van der Waals surface area contributed by atoms with E-state index in [0.29, 0.717) is 28.5 Å². The largest absolute Gasteiger partial charge is 0.493 e. The number of rotatable bonds is 7. The lowest BCUT2D eigenvalue weighted by Crippen LogP contribution is -2.30. The molecule has 2 aromatic carbocycles. The zero-order valence-electron chi connectivity index (χ0n) is 18.7. The van der Waals surface area contributed by atoms with Gasteiger partial charge in [-0.25, -0.2) is 4.79 Å². The van der Waals surface area contributed by atoms with Crippen LogP contribution in [0.4, 0.5) is 5.00 Å². The van der Waals surface area contributed by atoms with Crippen LogP contribution in [0.5, 0.6) is 5.75 Å². The number of hydrogen-bond acceptors (Lipinski definition) is 6. The molecule has 32 heavy (non-hydrogen) atoms. The molecule has 7 heteroatoms. The molecule has 0 radical (unpaired) electrons. The molecule has 0 unspecified atom stereocenters. The van der Waals surface area contributed by atoms with Crippen LogP contribution < -0.4 is 10.1 Å². The maximum absolute atomic E-state index is 13.5. The van der Waals surface area contributed by atoms with E-state index in [0.717, 1.165) is 47.3 Å². The minimum atomic E-state index is -0.381. The Morgan fingerprint density at radius 3 is 2.62 bits per heavy atom. The molecular formula is C25H28N2O4S. The van der Waals surface area contributed by atoms with Crippen LogP contribution in [0, 0.1) is 0 Å². The second kappa shape index (κ2) is 9.71. The number of esters is 1. The zero-order valence-corrected chi connectivity index (χ0v) is 19.5. The Labute approximate surface area is 192 Å². The molecule has 1 aromatic heterocycles. The third-order valence-corrected chi connectivity index (χ3v) is 6.84. The smallest absolute Gasteiger partial charge is 0.341 e. The van der Waals surface area contributed by atoms with Gasteiger partial charge in [0.15, 0.2) is 0 Å². The summed E-state index contributed by atoms with van der Waals surface area (Å²) < 4.78 is 11.1. The van der Waals surface area contributed by atoms with Gasteiger partial charge in [-0.05, 0) is 49.2 Å². The van der Waals surface area contributed by atoms with Gasteiger partial charge in [0, 0.05) is 18.0 Å². The van der Waals surface area contributed by atoms with Gasteiger partial charge in [0.2, 0.25) is 0 Å². The van der Waals surface area contributed by atoms with Gasteiger partial charge in [0.25, 0.3) is 5.91 Å². The third-order valence-electron chi connectivity index (χ3n) is 5.71. The predicted octanol–water partition coefficient (Wildman–Crippen LogP) is 5.11. The van der Waals surface area contributed by atoms with Gasteiger partial charge in [-0.3, -0.25) is 9.69 Å². The monoisotopic (exact) mass is 452 g/mol. The second-order valence-corrected chi connectivity index (χ2v) is 8.70. The standard InChI is InChI=1S/C25H28N2O4S/c1-4-27-14-13-18-20(15-27)32-24(22(18)25(29)31-6-3)26-23(28)21-17-10-8-7-9-16(17)11-12-19(21)30-5-2/h7-12H,4-6,13-15H2,1-3H3,(H,26,28). The van der Waals surface area contributed by atoms with Gasteiger partial charge in [-0.1, -0.05) is 37.3 Å². The van der Waals surface area contributed by atoms with Crippen LogP contribution in [0.1, 0.15) is 51.9 Å². The van der Waals surface area contributed by atoms with Crippen molar-refractivity contribution in [2.45, 2.75) is 33.7 Å². The number of nitrogens with zero attached hydrogens (tertiary/aromatic N) is 1. The van der Waals surface area contributed by atoms with Crippen molar-refractivity contribution in [2.75, 3.05) is 31.6 Å². The van der Waals surface area contributed by atoms with Crippen LogP contribution in [0.25, 0.3) is 10.8 Å². The van der Waals surface area contributed by atoms with Crippen molar-refractivity contribution in [3.05, 3.63) is 58.0 Å². The summed E-state index contributed by atoms with van der Waals surface area (Å²) in [6.07, 6.45) is 0.766. The van der Waals surface area contributed by atoms with E-state index < -0.39 is 0 Å². The molecule has 3 aromatic rings. The lowest BCUT2D eigenvalue weighted by molar-refractivity contribution is 0.0526. The molecule has 6 nitrogen and oxygen atoms in total. The lowest BCUT2D eigenvalue weighted by Gasteiger charge is -2.25. The average molecular weight is 453 g/mol. The number of anilines is 1. The normalized spacial score (nSPS) is 13.6. The van der Waals surface area contributed by atoms with E-state index in [2.05, 4.69) is 17.1 Å². The Hall–Kier alpha value is -2.90. The van der Waals surface area contributed by atoms with Crippen LogP contribution in [-0.2, 0) is 17.7 Å². The van der Waals surface area contributed by atoms with Crippen molar-refractivity contribution < 1.29 is 19.1 Å². The van der Waals surface area contributed by atoms with Crippen LogP contribution in [0.3, 0.4) is 0 Å². The van der Waals surface area contributed by atoms with Crippen molar-refractivity contribution in [3.63, 3.8) is 0 Å². The minimum Gasteiger partial charge on any atom is -0.493 e. The highest BCUT2D eigenvalue weighted by molar-refractivity contribution is 7.17. The molecule has 1 N–H and O–H groups in total. The van der Waals surface area contributed by atoms with Gasteiger partial charge in [-0.15, -0.1) is 11.3 Å². The van der Waals surface area contributed by atoms with Crippen LogP contribution >= 0.6 is 11.3 Å². The fraction of sp³-hybridized carbons (Fsp3) is 0.360. The van der Waals surface area contributed by atoms with E-state index in [1.165, 1.54) is 11.3 Å². The van der Waals surface area contributed by atoms with Gasteiger partial charge in [0.1, 0.15) is 10.8 Å². The highest BCUT2D eigenvalue weighted by Crippen LogP contribution is 2.39. The molecule has 168 valence electrons. The molecular weight excluding hydrogens is 424 g/mol. The van der Waals surface area contributed by atoms with Crippen LogP contribution in [-0.4, -0.2) is 43.1 Å². The summed E-state index contributed by atoms with van der Waals surface area (Å²) in [6.45, 7) is 9.16. The number of nitrogens with one attached hydrogen (secondary N) is 1. The van der Waals surface area contributed by atoms with E-state index in [1.807, 2.05) is 43.3 Å². The van der Waals surface area contributed by atoms with Crippen molar-refractivity contribution in [1.29, 1.82) is 0 Å². The van der Waals surface area contributed by atoms with E-state index >= 15 is 0 Å². The number of benzene rings is 2. The summed E-state index contributed by atoms with van der Waals surface area (Å²) in [4.78, 5) is 29.8. The number of carbonyl (C=O) groups is 2. The molecule has 0 spiro atoms. The Kier molecular flexibility index (Phi) is 6.77. The number of amides is 1. The minimum absolute atomic E-state index is 0.287. The first kappa shape index (κ1) is 22.3. The predicted molar refractivity (Wildman–Crippen MR) is 128 cm³/mol. The summed E-state index contributed by atoms with van der Waals surface area (Å²) in [5.41, 5.74) is 1.96. The number of carbonyl (C=O) groups excluding carboxylic acids is 2. The van der Waals surface area contributed by atoms with Gasteiger partial charge < -0.3 is 14.8 Å². The Morgan fingerprint density at radius 2 is 1.88 bits per heavy atom. The van der Waals surface area contributed by atoms with Crippen molar-refractivity contribution in [1.82, 2.24) is 4.90 Å². The number of fused-ring (bicyclic) bond motifs is 2. The average Bonchev–Trinajstić information content (AvgIpc) is 3.15. The molecule has 0 saturated carbocycles. The molecule has 2 heterocycles. The van der Waals surface area contributed by atoms with Crippen LogP contribution in [0.15, 0.2) is 36.4 Å². The SMILES string of the molecule is CCOC(=O)c1c(NC(=O)c2c(OCC)ccc3ccccc23)sc2c1CCN(CC)C2. The summed E-state index contributed by atoms with van der Waals surface area (Å²) in [5, 5.41) is 5.34. The molecule has 1 aliphatic heterocycles. The van der Waals surface area contributed by atoms with Gasteiger partial charge >= 0.3 is 5.97 Å². The Bertz CT molecular complexity index is 1150. The van der Waals surface area contributed by atoms with Gasteiger partial charge in [-0.2, -0.15) is 0 Å². The summed E-state index contributed by atoms with van der Waals surface area (Å²) in [7, 11) is 0. The Balaban J connectivity index is 1.76. The zero-order chi connectivity index (χ0) is 22.7. The van der Waals surface area contributed by atoms with Crippen LogP contribution in [0.2, 0.25) is 0 Å². The molecule has 0 bridgehead atoms. The molecule has 0 atom stereocenters. The number of ether oxygens (including phenoxy) is 2. The molecule has 4 rings (SSSR count). The fourth-order valence-electron chi connectivity index (χ4n) is 4.16. The quantitative estimate of drug-likeness (QED) is 0.505. The fourth-order valence-corrected chi connectivity index (χ4v) is 5.43. The molecule has 0 aliphatic carbocycles. The lowest BCUT2D eigenvalue weighted by atomic mass is 10.0. The molecule has 0 fully saturated rings. The second-order valence-electron chi connectivity index (χ2n) is 7.59.